The second-order valence-electron chi connectivity index (χ2n) is 5.47. The monoisotopic (exact) mass is 260 g/mol. The molecule has 3 aliphatic rings. The highest BCUT2D eigenvalue weighted by Crippen LogP contribution is 2.56. The Labute approximate surface area is 101 Å². The fourth-order valence-electron chi connectivity index (χ4n) is 3.53. The minimum atomic E-state index is -1.78. The van der Waals surface area contributed by atoms with E-state index < -0.39 is 40.7 Å². The Morgan fingerprint density at radius 3 is 2.06 bits per heavy atom. The lowest BCUT2D eigenvalue weighted by Crippen LogP contribution is -2.44. The predicted molar refractivity (Wildman–Crippen MR) is 56.2 cm³/mol. The number of rotatable bonds is 0. The van der Waals surface area contributed by atoms with Gasteiger partial charge in [0.05, 0.1) is 5.60 Å². The van der Waals surface area contributed by atoms with Crippen LogP contribution in [-0.4, -0.2) is 10.7 Å². The predicted octanol–water partition coefficient (Wildman–Crippen LogP) is 3.36. The van der Waals surface area contributed by atoms with Gasteiger partial charge >= 0.3 is 0 Å². The van der Waals surface area contributed by atoms with E-state index in [0.717, 1.165) is 0 Å². The lowest BCUT2D eigenvalue weighted by atomic mass is 9.59. The number of aliphatic hydroxyl groups is 1. The quantitative estimate of drug-likeness (QED) is 0.431. The Kier molecular flexibility index (Phi) is 2.31. The zero-order valence-electron chi connectivity index (χ0n) is 9.74. The van der Waals surface area contributed by atoms with E-state index in [2.05, 4.69) is 0 Å². The fourth-order valence-corrected chi connectivity index (χ4v) is 3.53. The molecule has 0 radical (unpaired) electrons. The first-order chi connectivity index (χ1) is 8.34. The topological polar surface area (TPSA) is 20.2 Å². The molecule has 0 saturated heterocycles. The molecular weight excluding hydrogens is 248 g/mol. The molecule has 1 aromatic rings. The lowest BCUT2D eigenvalue weighted by Gasteiger charge is -2.48. The molecule has 0 heterocycles. The number of hydrogen-bond acceptors (Lipinski definition) is 1. The first-order valence-electron chi connectivity index (χ1n) is 5.92. The van der Waals surface area contributed by atoms with Crippen molar-refractivity contribution < 1.29 is 22.7 Å². The largest absolute Gasteiger partial charge is 0.390 e. The number of hydrogen-bond donors (Lipinski definition) is 1. The van der Waals surface area contributed by atoms with E-state index in [9.17, 15) is 22.7 Å². The lowest BCUT2D eigenvalue weighted by molar-refractivity contribution is -0.0198. The van der Waals surface area contributed by atoms with Crippen LogP contribution in [0.2, 0.25) is 0 Å². The standard InChI is InChI=1S/C13H12F4O/c1-13(18)4-5-2-3-6(13)8-7(5)9(14)11(16)12(17)10(8)15/h5-6,18H,2-4H2,1H3/t5-,6-,13+/m0/s1. The third-order valence-electron chi connectivity index (χ3n) is 4.31. The summed E-state index contributed by atoms with van der Waals surface area (Å²) in [6.07, 6.45) is 1.29. The number of halogens is 4. The van der Waals surface area contributed by atoms with Gasteiger partial charge in [-0.1, -0.05) is 0 Å². The summed E-state index contributed by atoms with van der Waals surface area (Å²) in [5, 5.41) is 10.2. The zero-order chi connectivity index (χ0) is 13.2. The molecule has 0 aromatic heterocycles. The van der Waals surface area contributed by atoms with Crippen molar-refractivity contribution in [2.45, 2.75) is 43.6 Å². The highest BCUT2D eigenvalue weighted by Gasteiger charge is 2.50. The smallest absolute Gasteiger partial charge is 0.197 e. The van der Waals surface area contributed by atoms with E-state index in [-0.39, 0.29) is 17.5 Å². The molecule has 3 atom stereocenters. The van der Waals surface area contributed by atoms with Gasteiger partial charge in [0, 0.05) is 17.0 Å². The number of benzene rings is 1. The molecule has 1 fully saturated rings. The molecule has 0 spiro atoms. The highest BCUT2D eigenvalue weighted by atomic mass is 19.2. The molecule has 3 aliphatic carbocycles. The minimum Gasteiger partial charge on any atom is -0.390 e. The Bertz CT molecular complexity index is 539. The molecule has 4 rings (SSSR count). The van der Waals surface area contributed by atoms with E-state index in [1.165, 1.54) is 6.92 Å². The van der Waals surface area contributed by atoms with Gasteiger partial charge in [0.2, 0.25) is 0 Å². The summed E-state index contributed by atoms with van der Waals surface area (Å²) in [5.74, 6) is -7.28. The molecule has 0 amide bonds. The summed E-state index contributed by atoms with van der Waals surface area (Å²) < 4.78 is 54.1. The van der Waals surface area contributed by atoms with E-state index in [0.29, 0.717) is 12.8 Å². The maximum absolute atomic E-state index is 13.8. The van der Waals surface area contributed by atoms with Crippen molar-refractivity contribution >= 4 is 0 Å². The molecule has 0 aliphatic heterocycles. The molecule has 1 saturated carbocycles. The molecular formula is C13H12F4O. The van der Waals surface area contributed by atoms with E-state index >= 15 is 0 Å². The minimum absolute atomic E-state index is 0.0748. The maximum atomic E-state index is 13.8. The van der Waals surface area contributed by atoms with E-state index in [4.69, 9.17) is 0 Å². The van der Waals surface area contributed by atoms with Crippen molar-refractivity contribution in [3.05, 3.63) is 34.4 Å². The second kappa shape index (κ2) is 3.47. The van der Waals surface area contributed by atoms with Crippen LogP contribution in [0.5, 0.6) is 0 Å². The molecule has 18 heavy (non-hydrogen) atoms. The molecule has 5 heteroatoms. The van der Waals surface area contributed by atoms with Crippen molar-refractivity contribution in [2.24, 2.45) is 0 Å². The van der Waals surface area contributed by atoms with Crippen LogP contribution in [0.3, 0.4) is 0 Å². The van der Waals surface area contributed by atoms with Crippen LogP contribution in [0.25, 0.3) is 0 Å². The van der Waals surface area contributed by atoms with Crippen LogP contribution >= 0.6 is 0 Å². The van der Waals surface area contributed by atoms with Gasteiger partial charge in [-0.2, -0.15) is 0 Å². The normalized spacial score (nSPS) is 33.7. The highest BCUT2D eigenvalue weighted by molar-refractivity contribution is 5.44. The van der Waals surface area contributed by atoms with Gasteiger partial charge in [-0.05, 0) is 32.1 Å². The molecule has 98 valence electrons. The summed E-state index contributed by atoms with van der Waals surface area (Å²) in [4.78, 5) is 0. The summed E-state index contributed by atoms with van der Waals surface area (Å²) in [7, 11) is 0. The Balaban J connectivity index is 2.34. The van der Waals surface area contributed by atoms with Gasteiger partial charge in [-0.15, -0.1) is 0 Å². The van der Waals surface area contributed by atoms with Crippen molar-refractivity contribution in [1.82, 2.24) is 0 Å². The third-order valence-corrected chi connectivity index (χ3v) is 4.31. The van der Waals surface area contributed by atoms with Gasteiger partial charge in [0.15, 0.2) is 23.3 Å². The Morgan fingerprint density at radius 1 is 0.944 bits per heavy atom. The van der Waals surface area contributed by atoms with Gasteiger partial charge in [-0.3, -0.25) is 0 Å². The van der Waals surface area contributed by atoms with Gasteiger partial charge in [-0.25, -0.2) is 17.6 Å². The van der Waals surface area contributed by atoms with Crippen LogP contribution in [-0.2, 0) is 0 Å². The summed E-state index contributed by atoms with van der Waals surface area (Å²) in [6.45, 7) is 1.53. The van der Waals surface area contributed by atoms with Crippen molar-refractivity contribution in [3.8, 4) is 0 Å². The second-order valence-corrected chi connectivity index (χ2v) is 5.47. The van der Waals surface area contributed by atoms with Gasteiger partial charge in [0.1, 0.15) is 0 Å². The Hall–Kier alpha value is -1.10. The molecule has 1 aromatic carbocycles. The van der Waals surface area contributed by atoms with Gasteiger partial charge in [0.25, 0.3) is 0 Å². The van der Waals surface area contributed by atoms with E-state index in [1.807, 2.05) is 0 Å². The van der Waals surface area contributed by atoms with Crippen molar-refractivity contribution in [2.75, 3.05) is 0 Å². The SMILES string of the molecule is C[C@@]1(O)C[C@@H]2CC[C@H]1c1c(F)c(F)c(F)c(F)c12. The maximum Gasteiger partial charge on any atom is 0.197 e. The first-order valence-corrected chi connectivity index (χ1v) is 5.92. The Morgan fingerprint density at radius 2 is 1.50 bits per heavy atom. The molecule has 1 N–H and O–H groups in total. The first kappa shape index (κ1) is 12.0. The number of fused-ring (bicyclic) bond motifs is 2. The summed E-state index contributed by atoms with van der Waals surface area (Å²) in [6, 6.07) is 0. The third kappa shape index (κ3) is 1.31. The zero-order valence-corrected chi connectivity index (χ0v) is 9.74. The molecule has 1 nitrogen and oxygen atoms in total. The average molecular weight is 260 g/mol. The van der Waals surface area contributed by atoms with Crippen molar-refractivity contribution in [1.29, 1.82) is 0 Å². The summed E-state index contributed by atoms with van der Waals surface area (Å²) in [5.41, 5.74) is -1.43. The fraction of sp³-hybridized carbons (Fsp3) is 0.538. The molecule has 0 unspecified atom stereocenters. The average Bonchev–Trinajstić information content (AvgIpc) is 2.32. The van der Waals surface area contributed by atoms with Crippen LogP contribution < -0.4 is 0 Å². The van der Waals surface area contributed by atoms with Crippen LogP contribution in [0.1, 0.15) is 49.1 Å². The van der Waals surface area contributed by atoms with Gasteiger partial charge < -0.3 is 5.11 Å². The van der Waals surface area contributed by atoms with Crippen LogP contribution in [0.15, 0.2) is 0 Å². The van der Waals surface area contributed by atoms with E-state index in [1.54, 1.807) is 0 Å². The summed E-state index contributed by atoms with van der Waals surface area (Å²) >= 11 is 0. The van der Waals surface area contributed by atoms with Crippen LogP contribution in [0.4, 0.5) is 17.6 Å². The molecule has 2 bridgehead atoms. The van der Waals surface area contributed by atoms with Crippen molar-refractivity contribution in [3.63, 3.8) is 0 Å². The van der Waals surface area contributed by atoms with Crippen LogP contribution in [0, 0.1) is 23.3 Å².